The van der Waals surface area contributed by atoms with E-state index in [1.165, 1.54) is 32.4 Å². The summed E-state index contributed by atoms with van der Waals surface area (Å²) >= 11 is 6.95. The molecule has 3 amide bonds. The summed E-state index contributed by atoms with van der Waals surface area (Å²) in [6.07, 6.45) is 1.52. The van der Waals surface area contributed by atoms with Crippen molar-refractivity contribution in [1.29, 1.82) is 0 Å². The second-order valence-electron chi connectivity index (χ2n) is 7.54. The van der Waals surface area contributed by atoms with Crippen LogP contribution in [-0.2, 0) is 22.7 Å². The first-order valence-corrected chi connectivity index (χ1v) is 12.1. The van der Waals surface area contributed by atoms with Crippen LogP contribution in [0.15, 0.2) is 67.6 Å². The molecule has 0 atom stereocenters. The first kappa shape index (κ1) is 25.5. The lowest BCUT2D eigenvalue weighted by molar-refractivity contribution is -0.123. The molecule has 0 saturated carbocycles. The maximum absolute atomic E-state index is 13.0. The Hall–Kier alpha value is -3.57. The summed E-state index contributed by atoms with van der Waals surface area (Å²) < 4.78 is 23.3. The number of rotatable bonds is 8. The van der Waals surface area contributed by atoms with Crippen molar-refractivity contribution in [2.24, 2.45) is 0 Å². The van der Waals surface area contributed by atoms with Crippen LogP contribution in [0.1, 0.15) is 27.4 Å². The number of carbonyl (C=O) groups excluding carboxylic acids is 3. The number of imide groups is 1. The van der Waals surface area contributed by atoms with Gasteiger partial charge in [0.1, 0.15) is 18.1 Å². The average Bonchev–Trinajstić information content (AvgIpc) is 3.44. The maximum Gasteiger partial charge on any atom is 0.373 e. The molecule has 36 heavy (non-hydrogen) atoms. The second-order valence-corrected chi connectivity index (χ2v) is 9.31. The third-order valence-electron chi connectivity index (χ3n) is 5.24. The van der Waals surface area contributed by atoms with Crippen molar-refractivity contribution in [2.45, 2.75) is 13.2 Å². The van der Waals surface area contributed by atoms with Crippen LogP contribution in [0.4, 0.5) is 4.79 Å². The molecule has 0 aliphatic carbocycles. The molecule has 2 heterocycles. The molecule has 3 aromatic rings. The molecule has 9 nitrogen and oxygen atoms in total. The van der Waals surface area contributed by atoms with Crippen molar-refractivity contribution < 1.29 is 33.0 Å². The van der Waals surface area contributed by atoms with Crippen LogP contribution >= 0.6 is 31.9 Å². The SMILES string of the molecule is COC(=O)c1ccc(CN2C(=O)N/C(=C\c3cccc(OC)c3OCc3ccc(Br)cc3Br)C2=O)o1. The Labute approximate surface area is 223 Å². The highest BCUT2D eigenvalue weighted by molar-refractivity contribution is 9.11. The second kappa shape index (κ2) is 11.0. The molecule has 1 saturated heterocycles. The number of amides is 3. The monoisotopic (exact) mass is 618 g/mol. The quantitative estimate of drug-likeness (QED) is 0.208. The molecule has 1 aliphatic rings. The van der Waals surface area contributed by atoms with Gasteiger partial charge in [0.2, 0.25) is 5.76 Å². The zero-order chi connectivity index (χ0) is 25.8. The topological polar surface area (TPSA) is 107 Å². The Balaban J connectivity index is 1.56. The van der Waals surface area contributed by atoms with Crippen molar-refractivity contribution in [3.63, 3.8) is 0 Å². The molecular formula is C25H20Br2N2O7. The number of hydrogen-bond donors (Lipinski definition) is 1. The zero-order valence-corrected chi connectivity index (χ0v) is 22.3. The molecule has 0 bridgehead atoms. The summed E-state index contributed by atoms with van der Waals surface area (Å²) in [6.45, 7) is 0.0793. The van der Waals surface area contributed by atoms with Crippen molar-refractivity contribution in [3.8, 4) is 11.5 Å². The number of nitrogens with zero attached hydrogens (tertiary/aromatic N) is 1. The normalized spacial score (nSPS) is 14.2. The van der Waals surface area contributed by atoms with Crippen LogP contribution < -0.4 is 14.8 Å². The predicted octanol–water partition coefficient (Wildman–Crippen LogP) is 5.27. The van der Waals surface area contributed by atoms with Crippen molar-refractivity contribution in [1.82, 2.24) is 10.2 Å². The average molecular weight is 620 g/mol. The van der Waals surface area contributed by atoms with Gasteiger partial charge in [0.15, 0.2) is 11.5 Å². The lowest BCUT2D eigenvalue weighted by atomic mass is 10.1. The number of furan rings is 1. The highest BCUT2D eigenvalue weighted by Gasteiger charge is 2.34. The van der Waals surface area contributed by atoms with Crippen molar-refractivity contribution in [3.05, 3.63) is 85.8 Å². The summed E-state index contributed by atoms with van der Waals surface area (Å²) in [5, 5.41) is 2.57. The first-order chi connectivity index (χ1) is 17.3. The fraction of sp³-hybridized carbons (Fsp3) is 0.160. The number of halogens is 2. The molecule has 4 rings (SSSR count). The number of hydrogen-bond acceptors (Lipinski definition) is 7. The lowest BCUT2D eigenvalue weighted by Gasteiger charge is -2.14. The maximum atomic E-state index is 13.0. The van der Waals surface area contributed by atoms with Gasteiger partial charge in [-0.15, -0.1) is 0 Å². The highest BCUT2D eigenvalue weighted by atomic mass is 79.9. The van der Waals surface area contributed by atoms with Crippen molar-refractivity contribution >= 4 is 55.8 Å². The smallest absolute Gasteiger partial charge is 0.373 e. The largest absolute Gasteiger partial charge is 0.493 e. The summed E-state index contributed by atoms with van der Waals surface area (Å²) in [6, 6.07) is 13.3. The molecule has 1 aliphatic heterocycles. The van der Waals surface area contributed by atoms with E-state index in [-0.39, 0.29) is 30.4 Å². The predicted molar refractivity (Wildman–Crippen MR) is 136 cm³/mol. The molecular weight excluding hydrogens is 600 g/mol. The minimum Gasteiger partial charge on any atom is -0.493 e. The summed E-state index contributed by atoms with van der Waals surface area (Å²) in [5.41, 5.74) is 1.51. The number of benzene rings is 2. The van der Waals surface area contributed by atoms with Crippen LogP contribution in [0.5, 0.6) is 11.5 Å². The van der Waals surface area contributed by atoms with E-state index in [2.05, 4.69) is 41.9 Å². The third-order valence-corrected chi connectivity index (χ3v) is 6.47. The summed E-state index contributed by atoms with van der Waals surface area (Å²) in [4.78, 5) is 38.1. The van der Waals surface area contributed by atoms with Gasteiger partial charge in [-0.05, 0) is 36.4 Å². The van der Waals surface area contributed by atoms with E-state index in [1.807, 2.05) is 18.2 Å². The molecule has 1 N–H and O–H groups in total. The first-order valence-electron chi connectivity index (χ1n) is 10.6. The Morgan fingerprint density at radius 1 is 1.11 bits per heavy atom. The number of ether oxygens (including phenoxy) is 3. The Kier molecular flexibility index (Phi) is 7.80. The van der Waals surface area contributed by atoms with Gasteiger partial charge >= 0.3 is 12.0 Å². The van der Waals surface area contributed by atoms with E-state index in [4.69, 9.17) is 13.9 Å². The van der Waals surface area contributed by atoms with Gasteiger partial charge in [0.05, 0.1) is 20.8 Å². The number of carbonyl (C=O) groups is 3. The van der Waals surface area contributed by atoms with E-state index in [9.17, 15) is 14.4 Å². The molecule has 11 heteroatoms. The van der Waals surface area contributed by atoms with Crippen LogP contribution in [-0.4, -0.2) is 37.0 Å². The van der Waals surface area contributed by atoms with Gasteiger partial charge in [0.25, 0.3) is 5.91 Å². The van der Waals surface area contributed by atoms with Crippen LogP contribution in [0.3, 0.4) is 0 Å². The van der Waals surface area contributed by atoms with E-state index in [0.29, 0.717) is 17.1 Å². The van der Waals surface area contributed by atoms with Gasteiger partial charge in [0, 0.05) is 20.1 Å². The van der Waals surface area contributed by atoms with Crippen molar-refractivity contribution in [2.75, 3.05) is 14.2 Å². The molecule has 0 spiro atoms. The molecule has 0 radical (unpaired) electrons. The standard InChI is InChI=1S/C25H20Br2N2O7/c1-33-20-5-3-4-14(22(20)35-13-15-6-7-16(26)11-18(15)27)10-19-23(30)29(25(32)28-19)12-17-8-9-21(36-17)24(31)34-2/h3-11H,12-13H2,1-2H3,(H,28,32)/b19-10-. The van der Waals surface area contributed by atoms with Gasteiger partial charge in [-0.25, -0.2) is 9.59 Å². The number of esters is 1. The fourth-order valence-electron chi connectivity index (χ4n) is 3.45. The summed E-state index contributed by atoms with van der Waals surface area (Å²) in [5.74, 6) is -0.0922. The Bertz CT molecular complexity index is 1370. The Morgan fingerprint density at radius 2 is 1.92 bits per heavy atom. The number of para-hydroxylation sites is 1. The number of nitrogens with one attached hydrogen (secondary N) is 1. The fourth-order valence-corrected chi connectivity index (χ4v) is 4.61. The van der Waals surface area contributed by atoms with Crippen LogP contribution in [0, 0.1) is 0 Å². The van der Waals surface area contributed by atoms with Gasteiger partial charge in [-0.3, -0.25) is 9.69 Å². The van der Waals surface area contributed by atoms with Gasteiger partial charge in [-0.2, -0.15) is 0 Å². The molecule has 1 fully saturated rings. The van der Waals surface area contributed by atoms with E-state index in [1.54, 1.807) is 18.2 Å². The van der Waals surface area contributed by atoms with E-state index >= 15 is 0 Å². The van der Waals surface area contributed by atoms with E-state index in [0.717, 1.165) is 19.4 Å². The van der Waals surface area contributed by atoms with Gasteiger partial charge < -0.3 is 23.9 Å². The minimum atomic E-state index is -0.653. The van der Waals surface area contributed by atoms with E-state index < -0.39 is 17.9 Å². The molecule has 1 aromatic heterocycles. The zero-order valence-electron chi connectivity index (χ0n) is 19.2. The third kappa shape index (κ3) is 5.47. The molecule has 0 unspecified atom stereocenters. The summed E-state index contributed by atoms with van der Waals surface area (Å²) in [7, 11) is 2.75. The molecule has 2 aromatic carbocycles. The minimum absolute atomic E-state index is 0.0223. The Morgan fingerprint density at radius 3 is 2.64 bits per heavy atom. The van der Waals surface area contributed by atoms with Crippen LogP contribution in [0.25, 0.3) is 6.08 Å². The molecule has 186 valence electrons. The number of urea groups is 1. The lowest BCUT2D eigenvalue weighted by Crippen LogP contribution is -2.30. The number of methoxy groups -OCH3 is 2. The van der Waals surface area contributed by atoms with Crippen LogP contribution in [0.2, 0.25) is 0 Å². The highest BCUT2D eigenvalue weighted by Crippen LogP contribution is 2.34. The van der Waals surface area contributed by atoms with Gasteiger partial charge in [-0.1, -0.05) is 50.1 Å².